The maximum Gasteiger partial charge on any atom is 0.245 e. The zero-order valence-electron chi connectivity index (χ0n) is 9.11. The van der Waals surface area contributed by atoms with E-state index in [1.54, 1.807) is 0 Å². The number of hydroxylamine groups is 1. The molecule has 3 N–H and O–H groups in total. The van der Waals surface area contributed by atoms with Crippen LogP contribution in [-0.4, -0.2) is 12.5 Å². The van der Waals surface area contributed by atoms with Gasteiger partial charge in [0.2, 0.25) is 5.91 Å². The lowest BCUT2D eigenvalue weighted by Gasteiger charge is -2.05. The molecule has 1 aliphatic rings. The SMILES string of the molecule is NC(=O)CONCc1ccc(C2CC2)cc1. The molecule has 0 bridgehead atoms. The molecule has 86 valence electrons. The first-order valence-corrected chi connectivity index (χ1v) is 5.47. The molecule has 0 atom stereocenters. The van der Waals surface area contributed by atoms with Crippen LogP contribution in [0.1, 0.15) is 29.9 Å². The smallest absolute Gasteiger partial charge is 0.245 e. The largest absolute Gasteiger partial charge is 0.368 e. The van der Waals surface area contributed by atoms with Crippen LogP contribution in [0.25, 0.3) is 0 Å². The lowest BCUT2D eigenvalue weighted by atomic mass is 10.1. The average Bonchev–Trinajstić information content (AvgIpc) is 3.09. The highest BCUT2D eigenvalue weighted by atomic mass is 16.6. The van der Waals surface area contributed by atoms with Gasteiger partial charge >= 0.3 is 0 Å². The summed E-state index contributed by atoms with van der Waals surface area (Å²) < 4.78 is 0. The molecule has 1 aromatic carbocycles. The predicted molar refractivity (Wildman–Crippen MR) is 60.4 cm³/mol. The molecule has 0 saturated heterocycles. The van der Waals surface area contributed by atoms with E-state index in [0.29, 0.717) is 6.54 Å². The van der Waals surface area contributed by atoms with E-state index in [1.807, 2.05) is 0 Å². The Balaban J connectivity index is 1.74. The fourth-order valence-corrected chi connectivity index (χ4v) is 1.58. The highest BCUT2D eigenvalue weighted by Gasteiger charge is 2.22. The van der Waals surface area contributed by atoms with Gasteiger partial charge in [-0.25, -0.2) is 0 Å². The van der Waals surface area contributed by atoms with Gasteiger partial charge in [0.05, 0.1) is 0 Å². The molecular formula is C12H16N2O2. The van der Waals surface area contributed by atoms with Crippen molar-refractivity contribution < 1.29 is 9.63 Å². The Morgan fingerprint density at radius 2 is 2.06 bits per heavy atom. The Labute approximate surface area is 94.7 Å². The molecule has 2 rings (SSSR count). The van der Waals surface area contributed by atoms with Crippen LogP contribution in [0.5, 0.6) is 0 Å². The quantitative estimate of drug-likeness (QED) is 0.556. The molecule has 0 heterocycles. The summed E-state index contributed by atoms with van der Waals surface area (Å²) in [6, 6.07) is 8.47. The standard InChI is InChI=1S/C12H16N2O2/c13-12(15)8-16-14-7-9-1-3-10(4-2-9)11-5-6-11/h1-4,11,14H,5-8H2,(H2,13,15). The van der Waals surface area contributed by atoms with Gasteiger partial charge < -0.3 is 5.73 Å². The minimum atomic E-state index is -0.475. The van der Waals surface area contributed by atoms with Crippen molar-refractivity contribution in [1.29, 1.82) is 0 Å². The number of primary amides is 1. The second-order valence-corrected chi connectivity index (χ2v) is 4.09. The fourth-order valence-electron chi connectivity index (χ4n) is 1.58. The lowest BCUT2D eigenvalue weighted by molar-refractivity contribution is -0.125. The maximum atomic E-state index is 10.4. The van der Waals surface area contributed by atoms with Crippen molar-refractivity contribution >= 4 is 5.91 Å². The van der Waals surface area contributed by atoms with E-state index in [1.165, 1.54) is 18.4 Å². The Morgan fingerprint density at radius 3 is 2.62 bits per heavy atom. The van der Waals surface area contributed by atoms with Gasteiger partial charge in [-0.3, -0.25) is 9.63 Å². The zero-order chi connectivity index (χ0) is 11.4. The molecule has 4 nitrogen and oxygen atoms in total. The van der Waals surface area contributed by atoms with Gasteiger partial charge in [0.25, 0.3) is 0 Å². The van der Waals surface area contributed by atoms with Crippen LogP contribution in [0, 0.1) is 0 Å². The van der Waals surface area contributed by atoms with Crippen LogP contribution >= 0.6 is 0 Å². The van der Waals surface area contributed by atoms with E-state index in [-0.39, 0.29) is 6.61 Å². The van der Waals surface area contributed by atoms with Gasteiger partial charge in [0, 0.05) is 6.54 Å². The highest BCUT2D eigenvalue weighted by molar-refractivity contribution is 5.74. The van der Waals surface area contributed by atoms with Gasteiger partial charge in [-0.15, -0.1) is 0 Å². The lowest BCUT2D eigenvalue weighted by Crippen LogP contribution is -2.24. The molecule has 1 aliphatic carbocycles. The van der Waals surface area contributed by atoms with Crippen molar-refractivity contribution in [2.24, 2.45) is 5.73 Å². The third-order valence-corrected chi connectivity index (χ3v) is 2.62. The number of hydrogen-bond acceptors (Lipinski definition) is 3. The number of amides is 1. The molecule has 1 aromatic rings. The first-order chi connectivity index (χ1) is 7.75. The van der Waals surface area contributed by atoms with Crippen LogP contribution < -0.4 is 11.2 Å². The Morgan fingerprint density at radius 1 is 1.38 bits per heavy atom. The fraction of sp³-hybridized carbons (Fsp3) is 0.417. The topological polar surface area (TPSA) is 64.4 Å². The molecule has 4 heteroatoms. The molecular weight excluding hydrogens is 204 g/mol. The van der Waals surface area contributed by atoms with Crippen molar-refractivity contribution in [3.05, 3.63) is 35.4 Å². The summed E-state index contributed by atoms with van der Waals surface area (Å²) in [5.74, 6) is 0.310. The zero-order valence-corrected chi connectivity index (χ0v) is 9.11. The maximum absolute atomic E-state index is 10.4. The van der Waals surface area contributed by atoms with Gasteiger partial charge in [-0.2, -0.15) is 5.48 Å². The third kappa shape index (κ3) is 3.32. The normalized spacial score (nSPS) is 15.0. The number of rotatable bonds is 6. The van der Waals surface area contributed by atoms with E-state index in [2.05, 4.69) is 29.7 Å². The predicted octanol–water partition coefficient (Wildman–Crippen LogP) is 1.07. The molecule has 0 spiro atoms. The molecule has 0 radical (unpaired) electrons. The van der Waals surface area contributed by atoms with E-state index in [4.69, 9.17) is 10.6 Å². The number of carbonyl (C=O) groups excluding carboxylic acids is 1. The summed E-state index contributed by atoms with van der Waals surface area (Å²) in [5, 5.41) is 0. The van der Waals surface area contributed by atoms with Crippen molar-refractivity contribution in [3.8, 4) is 0 Å². The van der Waals surface area contributed by atoms with Crippen LogP contribution in [0.3, 0.4) is 0 Å². The summed E-state index contributed by atoms with van der Waals surface area (Å²) in [5.41, 5.74) is 10.2. The van der Waals surface area contributed by atoms with Crippen LogP contribution in [0.15, 0.2) is 24.3 Å². The molecule has 0 aliphatic heterocycles. The summed E-state index contributed by atoms with van der Waals surface area (Å²) in [6.07, 6.45) is 2.64. The van der Waals surface area contributed by atoms with E-state index >= 15 is 0 Å². The van der Waals surface area contributed by atoms with Gasteiger partial charge in [0.1, 0.15) is 6.61 Å². The highest BCUT2D eigenvalue weighted by Crippen LogP contribution is 2.39. The van der Waals surface area contributed by atoms with Crippen molar-refractivity contribution in [3.63, 3.8) is 0 Å². The monoisotopic (exact) mass is 220 g/mol. The summed E-state index contributed by atoms with van der Waals surface area (Å²) in [7, 11) is 0. The average molecular weight is 220 g/mol. The first-order valence-electron chi connectivity index (χ1n) is 5.47. The molecule has 1 amide bonds. The Bertz CT molecular complexity index is 358. The van der Waals surface area contributed by atoms with Crippen LogP contribution in [0.2, 0.25) is 0 Å². The van der Waals surface area contributed by atoms with E-state index < -0.39 is 5.91 Å². The number of nitrogens with one attached hydrogen (secondary N) is 1. The molecule has 16 heavy (non-hydrogen) atoms. The van der Waals surface area contributed by atoms with Crippen LogP contribution in [-0.2, 0) is 16.2 Å². The second-order valence-electron chi connectivity index (χ2n) is 4.09. The van der Waals surface area contributed by atoms with Crippen molar-refractivity contribution in [1.82, 2.24) is 5.48 Å². The number of hydrogen-bond donors (Lipinski definition) is 2. The minimum absolute atomic E-state index is 0.0971. The third-order valence-electron chi connectivity index (χ3n) is 2.62. The Kier molecular flexibility index (Phi) is 3.54. The summed E-state index contributed by atoms with van der Waals surface area (Å²) in [6.45, 7) is 0.485. The van der Waals surface area contributed by atoms with E-state index in [9.17, 15) is 4.79 Å². The summed E-state index contributed by atoms with van der Waals surface area (Å²) >= 11 is 0. The minimum Gasteiger partial charge on any atom is -0.368 e. The summed E-state index contributed by atoms with van der Waals surface area (Å²) in [4.78, 5) is 15.3. The second kappa shape index (κ2) is 5.09. The van der Waals surface area contributed by atoms with Gasteiger partial charge in [0.15, 0.2) is 0 Å². The van der Waals surface area contributed by atoms with Gasteiger partial charge in [-0.1, -0.05) is 24.3 Å². The van der Waals surface area contributed by atoms with Crippen molar-refractivity contribution in [2.45, 2.75) is 25.3 Å². The van der Waals surface area contributed by atoms with Gasteiger partial charge in [-0.05, 0) is 29.9 Å². The number of nitrogens with two attached hydrogens (primary N) is 1. The molecule has 1 fully saturated rings. The first kappa shape index (κ1) is 11.1. The molecule has 1 saturated carbocycles. The number of carbonyl (C=O) groups is 1. The Hall–Kier alpha value is -1.39. The van der Waals surface area contributed by atoms with E-state index in [0.717, 1.165) is 11.5 Å². The van der Waals surface area contributed by atoms with Crippen LogP contribution in [0.4, 0.5) is 0 Å². The molecule has 0 aromatic heterocycles. The number of benzene rings is 1. The molecule has 0 unspecified atom stereocenters. The van der Waals surface area contributed by atoms with Crippen molar-refractivity contribution in [2.75, 3.05) is 6.61 Å².